The van der Waals surface area contributed by atoms with Gasteiger partial charge in [0.25, 0.3) is 0 Å². The maximum Gasteiger partial charge on any atom is 0.248 e. The molecule has 0 aliphatic carbocycles. The van der Waals surface area contributed by atoms with Crippen LogP contribution in [-0.2, 0) is 10.0 Å². The Kier molecular flexibility index (Phi) is 5.95. The Bertz CT molecular complexity index is 801. The van der Waals surface area contributed by atoms with Gasteiger partial charge in [-0.15, -0.1) is 0 Å². The molecule has 1 aliphatic heterocycles. The second-order valence-corrected chi connectivity index (χ2v) is 8.29. The molecule has 8 heteroatoms. The van der Waals surface area contributed by atoms with Gasteiger partial charge in [-0.3, -0.25) is 4.90 Å². The van der Waals surface area contributed by atoms with Crippen LogP contribution in [0.4, 0.5) is 0 Å². The van der Waals surface area contributed by atoms with E-state index in [9.17, 15) is 8.42 Å². The monoisotopic (exact) mass is 379 g/mol. The lowest BCUT2D eigenvalue weighted by atomic mass is 10.3. The summed E-state index contributed by atoms with van der Waals surface area (Å²) in [6.07, 6.45) is 0.786. The Morgan fingerprint density at radius 1 is 1.12 bits per heavy atom. The van der Waals surface area contributed by atoms with Crippen molar-refractivity contribution in [2.24, 2.45) is 0 Å². The van der Waals surface area contributed by atoms with E-state index >= 15 is 0 Å². The summed E-state index contributed by atoms with van der Waals surface area (Å²) < 4.78 is 38.2. The Balaban J connectivity index is 1.56. The van der Waals surface area contributed by atoms with Crippen LogP contribution in [0.25, 0.3) is 0 Å². The molecule has 1 fully saturated rings. The van der Waals surface area contributed by atoms with Crippen molar-refractivity contribution in [3.05, 3.63) is 41.8 Å². The molecule has 0 unspecified atom stereocenters. The Morgan fingerprint density at radius 3 is 2.58 bits per heavy atom. The zero-order valence-corrected chi connectivity index (χ0v) is 16.0. The smallest absolute Gasteiger partial charge is 0.248 e. The van der Waals surface area contributed by atoms with Crippen molar-refractivity contribution >= 4 is 10.0 Å². The summed E-state index contributed by atoms with van der Waals surface area (Å²) in [7, 11) is -3.57. The second kappa shape index (κ2) is 8.20. The first kappa shape index (κ1) is 18.9. The minimum Gasteiger partial charge on any atom is -0.492 e. The summed E-state index contributed by atoms with van der Waals surface area (Å²) in [6.45, 7) is 7.15. The number of ether oxygens (including phenoxy) is 1. The highest BCUT2D eigenvalue weighted by molar-refractivity contribution is 7.89. The van der Waals surface area contributed by atoms with E-state index in [1.54, 1.807) is 13.8 Å². The molecule has 1 aromatic carbocycles. The molecule has 0 saturated carbocycles. The zero-order chi connectivity index (χ0) is 18.6. The van der Waals surface area contributed by atoms with E-state index in [1.807, 2.05) is 30.3 Å². The van der Waals surface area contributed by atoms with Crippen molar-refractivity contribution in [1.82, 2.24) is 14.4 Å². The van der Waals surface area contributed by atoms with E-state index in [2.05, 4.69) is 10.1 Å². The van der Waals surface area contributed by atoms with Crippen LogP contribution in [0.3, 0.4) is 0 Å². The Labute approximate surface area is 154 Å². The van der Waals surface area contributed by atoms with Crippen LogP contribution in [0.1, 0.15) is 17.9 Å². The van der Waals surface area contributed by atoms with E-state index in [1.165, 1.54) is 4.31 Å². The molecular formula is C18H25N3O4S. The summed E-state index contributed by atoms with van der Waals surface area (Å²) in [6, 6.07) is 9.70. The Morgan fingerprint density at radius 2 is 1.88 bits per heavy atom. The van der Waals surface area contributed by atoms with Crippen molar-refractivity contribution in [1.29, 1.82) is 0 Å². The SMILES string of the molecule is Cc1noc(C)c1S(=O)(=O)N1CCCN(CCOc2ccccc2)CC1. The molecule has 0 amide bonds. The van der Waals surface area contributed by atoms with Gasteiger partial charge in [0.2, 0.25) is 10.0 Å². The molecule has 0 N–H and O–H groups in total. The molecular weight excluding hydrogens is 354 g/mol. The zero-order valence-electron chi connectivity index (χ0n) is 15.2. The molecule has 142 valence electrons. The third-order valence-electron chi connectivity index (χ3n) is 4.53. The third kappa shape index (κ3) is 4.25. The summed E-state index contributed by atoms with van der Waals surface area (Å²) >= 11 is 0. The van der Waals surface area contributed by atoms with E-state index in [0.29, 0.717) is 37.7 Å². The molecule has 1 saturated heterocycles. The standard InChI is InChI=1S/C18H25N3O4S/c1-15-18(16(2)25-19-15)26(22,23)21-10-6-9-20(11-12-21)13-14-24-17-7-4-3-5-8-17/h3-5,7-8H,6,9-14H2,1-2H3. The van der Waals surface area contributed by atoms with Crippen LogP contribution < -0.4 is 4.74 Å². The van der Waals surface area contributed by atoms with Crippen LogP contribution in [0, 0.1) is 13.8 Å². The fourth-order valence-corrected chi connectivity index (χ4v) is 4.95. The summed E-state index contributed by atoms with van der Waals surface area (Å²) in [5.41, 5.74) is 0.417. The molecule has 0 radical (unpaired) electrons. The van der Waals surface area contributed by atoms with Gasteiger partial charge in [-0.2, -0.15) is 4.31 Å². The molecule has 2 heterocycles. The second-order valence-electron chi connectivity index (χ2n) is 6.41. The number of sulfonamides is 1. The number of hydrogen-bond donors (Lipinski definition) is 0. The van der Waals surface area contributed by atoms with Gasteiger partial charge in [-0.1, -0.05) is 23.4 Å². The highest BCUT2D eigenvalue weighted by atomic mass is 32.2. The maximum absolute atomic E-state index is 12.9. The fourth-order valence-electron chi connectivity index (χ4n) is 3.19. The molecule has 1 aliphatic rings. The van der Waals surface area contributed by atoms with E-state index in [4.69, 9.17) is 9.26 Å². The van der Waals surface area contributed by atoms with Crippen LogP contribution in [0.5, 0.6) is 5.75 Å². The summed E-state index contributed by atoms with van der Waals surface area (Å²) in [5, 5.41) is 3.78. The minimum absolute atomic E-state index is 0.207. The number of benzene rings is 1. The highest BCUT2D eigenvalue weighted by Crippen LogP contribution is 2.24. The van der Waals surface area contributed by atoms with E-state index in [0.717, 1.165) is 25.3 Å². The molecule has 3 rings (SSSR count). The molecule has 1 aromatic heterocycles. The van der Waals surface area contributed by atoms with Gasteiger partial charge >= 0.3 is 0 Å². The molecule has 0 spiro atoms. The minimum atomic E-state index is -3.57. The lowest BCUT2D eigenvalue weighted by Gasteiger charge is -2.21. The fraction of sp³-hybridized carbons (Fsp3) is 0.500. The van der Waals surface area contributed by atoms with Crippen LogP contribution in [0.15, 0.2) is 39.8 Å². The molecule has 2 aromatic rings. The predicted octanol–water partition coefficient (Wildman–Crippen LogP) is 2.07. The van der Waals surface area contributed by atoms with Crippen LogP contribution in [0.2, 0.25) is 0 Å². The predicted molar refractivity (Wildman–Crippen MR) is 97.7 cm³/mol. The lowest BCUT2D eigenvalue weighted by Crippen LogP contribution is -2.36. The van der Waals surface area contributed by atoms with E-state index in [-0.39, 0.29) is 4.90 Å². The van der Waals surface area contributed by atoms with Gasteiger partial charge in [0.1, 0.15) is 22.9 Å². The lowest BCUT2D eigenvalue weighted by molar-refractivity contribution is 0.215. The average Bonchev–Trinajstić information content (AvgIpc) is 2.83. The summed E-state index contributed by atoms with van der Waals surface area (Å²) in [5.74, 6) is 1.20. The van der Waals surface area contributed by atoms with Crippen molar-refractivity contribution in [3.63, 3.8) is 0 Å². The first-order valence-corrected chi connectivity index (χ1v) is 10.3. The van der Waals surface area contributed by atoms with Gasteiger partial charge in [0.15, 0.2) is 5.76 Å². The first-order chi connectivity index (χ1) is 12.5. The van der Waals surface area contributed by atoms with Crippen molar-refractivity contribution in [3.8, 4) is 5.75 Å². The van der Waals surface area contributed by atoms with Gasteiger partial charge in [-0.25, -0.2) is 8.42 Å². The van der Waals surface area contributed by atoms with Crippen LogP contribution >= 0.6 is 0 Å². The topological polar surface area (TPSA) is 75.9 Å². The first-order valence-electron chi connectivity index (χ1n) is 8.81. The quantitative estimate of drug-likeness (QED) is 0.765. The van der Waals surface area contributed by atoms with Gasteiger partial charge in [0, 0.05) is 26.2 Å². The molecule has 26 heavy (non-hydrogen) atoms. The number of aryl methyl sites for hydroxylation is 2. The number of nitrogens with zero attached hydrogens (tertiary/aromatic N) is 3. The number of aromatic nitrogens is 1. The maximum atomic E-state index is 12.9. The van der Waals surface area contributed by atoms with E-state index < -0.39 is 10.0 Å². The van der Waals surface area contributed by atoms with Crippen LogP contribution in [-0.4, -0.2) is 62.1 Å². The normalized spacial score (nSPS) is 17.2. The van der Waals surface area contributed by atoms with Gasteiger partial charge in [0.05, 0.1) is 0 Å². The van der Waals surface area contributed by atoms with Gasteiger partial charge in [-0.05, 0) is 38.9 Å². The molecule has 0 atom stereocenters. The highest BCUT2D eigenvalue weighted by Gasteiger charge is 2.32. The number of rotatable bonds is 6. The third-order valence-corrected chi connectivity index (χ3v) is 6.68. The van der Waals surface area contributed by atoms with Crippen molar-refractivity contribution in [2.75, 3.05) is 39.3 Å². The molecule has 0 bridgehead atoms. The van der Waals surface area contributed by atoms with Gasteiger partial charge < -0.3 is 9.26 Å². The number of hydrogen-bond acceptors (Lipinski definition) is 6. The number of para-hydroxylation sites is 1. The average molecular weight is 379 g/mol. The van der Waals surface area contributed by atoms with Crippen molar-refractivity contribution < 1.29 is 17.7 Å². The van der Waals surface area contributed by atoms with Crippen molar-refractivity contribution in [2.45, 2.75) is 25.2 Å². The largest absolute Gasteiger partial charge is 0.492 e. The Hall–Kier alpha value is -1.90. The molecule has 7 nitrogen and oxygen atoms in total. The summed E-state index contributed by atoms with van der Waals surface area (Å²) in [4.78, 5) is 2.45.